The predicted molar refractivity (Wildman–Crippen MR) is 141 cm³/mol. The van der Waals surface area contributed by atoms with Crippen LogP contribution in [0.15, 0.2) is 46.8 Å². The quantitative estimate of drug-likeness (QED) is 0.468. The highest BCUT2D eigenvalue weighted by Gasteiger charge is 2.39. The summed E-state index contributed by atoms with van der Waals surface area (Å²) in [5, 5.41) is 11.9. The van der Waals surface area contributed by atoms with E-state index in [4.69, 9.17) is 0 Å². The molecule has 1 amide bonds. The first-order chi connectivity index (χ1) is 16.4. The Morgan fingerprint density at radius 1 is 1.17 bits per heavy atom. The van der Waals surface area contributed by atoms with Gasteiger partial charge in [0.1, 0.15) is 10.7 Å². The number of thiophene rings is 1. The van der Waals surface area contributed by atoms with Crippen LogP contribution in [0.2, 0.25) is 0 Å². The van der Waals surface area contributed by atoms with Crippen molar-refractivity contribution in [2.45, 2.75) is 51.5 Å². The fourth-order valence-corrected chi connectivity index (χ4v) is 7.02. The van der Waals surface area contributed by atoms with Crippen molar-refractivity contribution in [1.29, 1.82) is 0 Å². The molecule has 1 aliphatic rings. The van der Waals surface area contributed by atoms with Crippen molar-refractivity contribution in [1.82, 2.24) is 9.88 Å². The van der Waals surface area contributed by atoms with Gasteiger partial charge in [0.05, 0.1) is 11.4 Å². The molecule has 1 aliphatic heterocycles. The van der Waals surface area contributed by atoms with Crippen molar-refractivity contribution in [3.05, 3.63) is 47.5 Å². The highest BCUT2D eigenvalue weighted by molar-refractivity contribution is 7.93. The number of benzene rings is 1. The van der Waals surface area contributed by atoms with E-state index in [0.717, 1.165) is 10.3 Å². The fourth-order valence-electron chi connectivity index (χ4n) is 4.47. The molecular weight excluding hydrogens is 484 g/mol. The summed E-state index contributed by atoms with van der Waals surface area (Å²) in [6, 6.07) is 8.96. The van der Waals surface area contributed by atoms with Crippen LogP contribution in [0.1, 0.15) is 46.1 Å². The molecule has 2 aromatic heterocycles. The molecule has 1 saturated heterocycles. The van der Waals surface area contributed by atoms with Crippen molar-refractivity contribution in [2.24, 2.45) is 5.41 Å². The molecule has 3 aromatic rings. The number of hydrogen-bond acceptors (Lipinski definition) is 6. The molecule has 1 unspecified atom stereocenters. The largest absolute Gasteiger partial charge is 0.465 e. The Bertz CT molecular complexity index is 1330. The molecule has 0 saturated carbocycles. The Hall–Kier alpha value is -2.85. The first kappa shape index (κ1) is 25.2. The highest BCUT2D eigenvalue weighted by atomic mass is 32.2. The van der Waals surface area contributed by atoms with Crippen LogP contribution in [0.5, 0.6) is 0 Å². The van der Waals surface area contributed by atoms with E-state index >= 15 is 0 Å². The normalized spacial score (nSPS) is 17.3. The molecule has 4 rings (SSSR count). The van der Waals surface area contributed by atoms with Crippen molar-refractivity contribution >= 4 is 49.0 Å². The summed E-state index contributed by atoms with van der Waals surface area (Å²) in [4.78, 5) is 20.1. The number of piperazine rings is 1. The van der Waals surface area contributed by atoms with Crippen LogP contribution in [-0.2, 0) is 10.0 Å². The fraction of sp³-hybridized carbons (Fsp3) is 0.440. The predicted octanol–water partition coefficient (Wildman–Crippen LogP) is 5.44. The van der Waals surface area contributed by atoms with Gasteiger partial charge in [-0.2, -0.15) is 0 Å². The van der Waals surface area contributed by atoms with Crippen LogP contribution >= 0.6 is 11.3 Å². The first-order valence-corrected chi connectivity index (χ1v) is 14.0. The average molecular weight is 517 g/mol. The average Bonchev–Trinajstić information content (AvgIpc) is 3.23. The number of aromatic nitrogens is 1. The lowest BCUT2D eigenvalue weighted by Gasteiger charge is -2.46. The SMILES string of the molecule is CC(C)c1ccc(NS(=O)(=O)c2csc3ccnc(N4CCN(C(=O)O)C(C(C)(C)C)C4)c23)cc1. The zero-order valence-electron chi connectivity index (χ0n) is 20.6. The molecule has 8 nitrogen and oxygen atoms in total. The van der Waals surface area contributed by atoms with E-state index in [1.807, 2.05) is 43.9 Å². The van der Waals surface area contributed by atoms with Gasteiger partial charge in [-0.25, -0.2) is 18.2 Å². The van der Waals surface area contributed by atoms with E-state index in [1.54, 1.807) is 23.7 Å². The molecule has 0 aliphatic carbocycles. The Morgan fingerprint density at radius 2 is 1.86 bits per heavy atom. The molecule has 1 fully saturated rings. The number of pyridine rings is 1. The third-order valence-electron chi connectivity index (χ3n) is 6.48. The lowest BCUT2D eigenvalue weighted by atomic mass is 9.84. The molecule has 1 atom stereocenters. The van der Waals surface area contributed by atoms with Crippen LogP contribution in [-0.4, -0.2) is 55.2 Å². The maximum Gasteiger partial charge on any atom is 0.407 e. The molecule has 35 heavy (non-hydrogen) atoms. The lowest BCUT2D eigenvalue weighted by molar-refractivity contribution is 0.0747. The van der Waals surface area contributed by atoms with Gasteiger partial charge in [0.25, 0.3) is 10.0 Å². The standard InChI is InChI=1S/C25H32N4O4S2/c1-16(2)17-6-8-18(9-7-17)27-35(32,33)20-15-34-19-10-11-26-23(22(19)20)28-12-13-29(24(30)31)21(14-28)25(3,4)5/h6-11,15-16,21,27H,12-14H2,1-5H3,(H,30,31). The summed E-state index contributed by atoms with van der Waals surface area (Å²) in [6.45, 7) is 11.4. The highest BCUT2D eigenvalue weighted by Crippen LogP contribution is 2.38. The second-order valence-corrected chi connectivity index (χ2v) is 12.9. The molecule has 0 spiro atoms. The first-order valence-electron chi connectivity index (χ1n) is 11.6. The maximum absolute atomic E-state index is 13.5. The van der Waals surface area contributed by atoms with Crippen LogP contribution in [0.3, 0.4) is 0 Å². The van der Waals surface area contributed by atoms with Gasteiger partial charge in [0.2, 0.25) is 0 Å². The Labute approximate surface area is 210 Å². The summed E-state index contributed by atoms with van der Waals surface area (Å²) >= 11 is 1.36. The van der Waals surface area contributed by atoms with Gasteiger partial charge in [0, 0.05) is 41.6 Å². The van der Waals surface area contributed by atoms with Crippen LogP contribution < -0.4 is 9.62 Å². The van der Waals surface area contributed by atoms with Gasteiger partial charge in [-0.05, 0) is 35.1 Å². The van der Waals surface area contributed by atoms with Crippen LogP contribution in [0.25, 0.3) is 10.1 Å². The van der Waals surface area contributed by atoms with Gasteiger partial charge in [-0.3, -0.25) is 4.72 Å². The summed E-state index contributed by atoms with van der Waals surface area (Å²) in [5.74, 6) is 0.923. The smallest absolute Gasteiger partial charge is 0.407 e. The molecule has 188 valence electrons. The summed E-state index contributed by atoms with van der Waals surface area (Å²) in [6.07, 6.45) is 0.736. The van der Waals surface area contributed by atoms with E-state index < -0.39 is 16.1 Å². The van der Waals surface area contributed by atoms with Crippen molar-refractivity contribution in [3.8, 4) is 0 Å². The van der Waals surface area contributed by atoms with Gasteiger partial charge >= 0.3 is 6.09 Å². The van der Waals surface area contributed by atoms with E-state index in [9.17, 15) is 18.3 Å². The number of anilines is 2. The number of carbonyl (C=O) groups is 1. The van der Waals surface area contributed by atoms with Gasteiger partial charge in [-0.15, -0.1) is 11.3 Å². The third kappa shape index (κ3) is 5.08. The van der Waals surface area contributed by atoms with Crippen molar-refractivity contribution in [3.63, 3.8) is 0 Å². The minimum absolute atomic E-state index is 0.182. The van der Waals surface area contributed by atoms with E-state index in [0.29, 0.717) is 42.4 Å². The molecule has 2 N–H and O–H groups in total. The Kier molecular flexibility index (Phi) is 6.72. The van der Waals surface area contributed by atoms with E-state index in [2.05, 4.69) is 23.6 Å². The second-order valence-electron chi connectivity index (χ2n) is 10.3. The minimum atomic E-state index is -3.87. The molecule has 10 heteroatoms. The Balaban J connectivity index is 1.70. The van der Waals surface area contributed by atoms with Crippen molar-refractivity contribution < 1.29 is 18.3 Å². The minimum Gasteiger partial charge on any atom is -0.465 e. The van der Waals surface area contributed by atoms with Gasteiger partial charge in [0.15, 0.2) is 0 Å². The number of rotatable bonds is 5. The van der Waals surface area contributed by atoms with Crippen molar-refractivity contribution in [2.75, 3.05) is 29.3 Å². The third-order valence-corrected chi connectivity index (χ3v) is 8.98. The molecule has 3 heterocycles. The number of nitrogens with one attached hydrogen (secondary N) is 1. The monoisotopic (exact) mass is 516 g/mol. The lowest BCUT2D eigenvalue weighted by Crippen LogP contribution is -2.59. The number of carboxylic acid groups (broad SMARTS) is 1. The van der Waals surface area contributed by atoms with E-state index in [1.165, 1.54) is 16.2 Å². The number of hydrogen-bond donors (Lipinski definition) is 2. The summed E-state index contributed by atoms with van der Waals surface area (Å²) in [7, 11) is -3.87. The molecule has 0 radical (unpaired) electrons. The molecule has 0 bridgehead atoms. The van der Waals surface area contributed by atoms with Gasteiger partial charge < -0.3 is 14.9 Å². The Morgan fingerprint density at radius 3 is 2.46 bits per heavy atom. The van der Waals surface area contributed by atoms with Crippen LogP contribution in [0, 0.1) is 5.41 Å². The second kappa shape index (κ2) is 9.31. The van der Waals surface area contributed by atoms with E-state index in [-0.39, 0.29) is 16.4 Å². The zero-order chi connectivity index (χ0) is 25.5. The zero-order valence-corrected chi connectivity index (χ0v) is 22.3. The molecule has 1 aromatic carbocycles. The summed E-state index contributed by atoms with van der Waals surface area (Å²) < 4.78 is 30.4. The topological polar surface area (TPSA) is 103 Å². The number of nitrogens with zero attached hydrogens (tertiary/aromatic N) is 3. The van der Waals surface area contributed by atoms with Crippen LogP contribution in [0.4, 0.5) is 16.3 Å². The number of sulfonamides is 1. The molecular formula is C25H32N4O4S2. The number of amides is 1. The summed E-state index contributed by atoms with van der Waals surface area (Å²) in [5.41, 5.74) is 1.34. The van der Waals surface area contributed by atoms with Gasteiger partial charge in [-0.1, -0.05) is 46.8 Å². The maximum atomic E-state index is 13.5. The number of fused-ring (bicyclic) bond motifs is 1.